The molecule has 0 saturated heterocycles. The average molecular weight is 338 g/mol. The second kappa shape index (κ2) is 6.09. The Labute approximate surface area is 123 Å². The van der Waals surface area contributed by atoms with Gasteiger partial charge in [0, 0.05) is 4.90 Å². The van der Waals surface area contributed by atoms with Crippen molar-refractivity contribution >= 4 is 27.7 Å². The number of nitrogens with zero attached hydrogens (tertiary/aromatic N) is 1. The van der Waals surface area contributed by atoms with Crippen LogP contribution >= 0.6 is 27.7 Å². The molecule has 0 aliphatic carbocycles. The summed E-state index contributed by atoms with van der Waals surface area (Å²) in [5.74, 6) is 0.104. The van der Waals surface area contributed by atoms with E-state index in [0.29, 0.717) is 5.75 Å². The van der Waals surface area contributed by atoms with Gasteiger partial charge in [-0.05, 0) is 46.5 Å². The number of benzene rings is 2. The zero-order valence-corrected chi connectivity index (χ0v) is 12.4. The second-order valence-corrected chi connectivity index (χ2v) is 5.25. The minimum atomic E-state index is -0.574. The Morgan fingerprint density at radius 2 is 1.95 bits per heavy atom. The fourth-order valence-corrected chi connectivity index (χ4v) is 2.46. The highest BCUT2D eigenvalue weighted by molar-refractivity contribution is 9.10. The van der Waals surface area contributed by atoms with Crippen molar-refractivity contribution in [2.75, 3.05) is 6.26 Å². The molecule has 0 heterocycles. The first-order chi connectivity index (χ1) is 9.17. The summed E-state index contributed by atoms with van der Waals surface area (Å²) in [6, 6.07) is 12.3. The molecule has 5 heteroatoms. The highest BCUT2D eigenvalue weighted by Gasteiger charge is 2.14. The lowest BCUT2D eigenvalue weighted by atomic mass is 10.2. The van der Waals surface area contributed by atoms with Gasteiger partial charge in [0.05, 0.1) is 10.0 Å². The highest BCUT2D eigenvalue weighted by Crippen LogP contribution is 2.35. The minimum absolute atomic E-state index is 0.0902. The van der Waals surface area contributed by atoms with Gasteiger partial charge in [-0.15, -0.1) is 11.8 Å². The van der Waals surface area contributed by atoms with Crippen LogP contribution in [0.3, 0.4) is 0 Å². The van der Waals surface area contributed by atoms with Crippen molar-refractivity contribution < 1.29 is 9.13 Å². The zero-order valence-electron chi connectivity index (χ0n) is 9.98. The molecule has 0 aliphatic heterocycles. The number of para-hydroxylation sites is 1. The van der Waals surface area contributed by atoms with Crippen LogP contribution in [0.15, 0.2) is 45.8 Å². The molecule has 0 unspecified atom stereocenters. The van der Waals surface area contributed by atoms with E-state index in [1.165, 1.54) is 23.9 Å². The molecule has 2 rings (SSSR count). The summed E-state index contributed by atoms with van der Waals surface area (Å²) in [5.41, 5.74) is 0.239. The zero-order chi connectivity index (χ0) is 13.8. The second-order valence-electron chi connectivity index (χ2n) is 3.60. The summed E-state index contributed by atoms with van der Waals surface area (Å²) in [7, 11) is 0. The van der Waals surface area contributed by atoms with E-state index in [-0.39, 0.29) is 15.8 Å². The van der Waals surface area contributed by atoms with Gasteiger partial charge in [-0.1, -0.05) is 12.1 Å². The number of thioether (sulfide) groups is 1. The predicted molar refractivity (Wildman–Crippen MR) is 77.1 cm³/mol. The Morgan fingerprint density at radius 3 is 2.63 bits per heavy atom. The van der Waals surface area contributed by atoms with Crippen LogP contribution < -0.4 is 4.74 Å². The summed E-state index contributed by atoms with van der Waals surface area (Å²) in [5, 5.41) is 8.81. The van der Waals surface area contributed by atoms with Gasteiger partial charge in [-0.3, -0.25) is 0 Å². The van der Waals surface area contributed by atoms with Crippen LogP contribution in [0.25, 0.3) is 0 Å². The van der Waals surface area contributed by atoms with Crippen LogP contribution in [0, 0.1) is 17.1 Å². The standard InChI is InChI=1S/C14H9BrFNOS/c1-19-12-5-3-2-4-10(12)18-11-7-6-9(8-17)13(15)14(11)16/h2-7H,1H3. The van der Waals surface area contributed by atoms with Crippen molar-refractivity contribution in [1.29, 1.82) is 5.26 Å². The van der Waals surface area contributed by atoms with Crippen molar-refractivity contribution in [3.05, 3.63) is 52.3 Å². The molecule has 0 fully saturated rings. The number of halogens is 2. The Bertz CT molecular complexity index is 654. The number of nitriles is 1. The molecule has 0 spiro atoms. The van der Waals surface area contributed by atoms with Gasteiger partial charge in [0.1, 0.15) is 11.8 Å². The normalized spacial score (nSPS) is 10.0. The smallest absolute Gasteiger partial charge is 0.181 e. The first-order valence-electron chi connectivity index (χ1n) is 5.36. The maximum absolute atomic E-state index is 14.0. The quantitative estimate of drug-likeness (QED) is 0.741. The lowest BCUT2D eigenvalue weighted by Crippen LogP contribution is -1.92. The van der Waals surface area contributed by atoms with E-state index in [2.05, 4.69) is 15.9 Å². The largest absolute Gasteiger partial charge is 0.453 e. The Hall–Kier alpha value is -1.51. The topological polar surface area (TPSA) is 33.0 Å². The van der Waals surface area contributed by atoms with Gasteiger partial charge in [0.15, 0.2) is 11.6 Å². The minimum Gasteiger partial charge on any atom is -0.453 e. The molecule has 0 N–H and O–H groups in total. The van der Waals surface area contributed by atoms with Gasteiger partial charge in [-0.2, -0.15) is 5.26 Å². The van der Waals surface area contributed by atoms with Crippen molar-refractivity contribution in [2.45, 2.75) is 4.90 Å². The predicted octanol–water partition coefficient (Wildman–Crippen LogP) is 4.97. The summed E-state index contributed by atoms with van der Waals surface area (Å²) >= 11 is 4.58. The SMILES string of the molecule is CSc1ccccc1Oc1ccc(C#N)c(Br)c1F. The average Bonchev–Trinajstić information content (AvgIpc) is 2.45. The first kappa shape index (κ1) is 13.9. The summed E-state index contributed by atoms with van der Waals surface area (Å²) in [6.07, 6.45) is 1.92. The molecule has 0 aliphatic rings. The number of hydrogen-bond acceptors (Lipinski definition) is 3. The van der Waals surface area contributed by atoms with Crippen LogP contribution in [-0.4, -0.2) is 6.26 Å². The van der Waals surface area contributed by atoms with Crippen LogP contribution in [-0.2, 0) is 0 Å². The van der Waals surface area contributed by atoms with Gasteiger partial charge < -0.3 is 4.74 Å². The molecule has 0 aromatic heterocycles. The molecule has 2 nitrogen and oxygen atoms in total. The first-order valence-corrected chi connectivity index (χ1v) is 7.38. The summed E-state index contributed by atoms with van der Waals surface area (Å²) < 4.78 is 19.7. The van der Waals surface area contributed by atoms with E-state index in [4.69, 9.17) is 10.00 Å². The summed E-state index contributed by atoms with van der Waals surface area (Å²) in [4.78, 5) is 0.919. The van der Waals surface area contributed by atoms with Crippen molar-refractivity contribution in [3.8, 4) is 17.6 Å². The van der Waals surface area contributed by atoms with Crippen LogP contribution in [0.4, 0.5) is 4.39 Å². The summed E-state index contributed by atoms with van der Waals surface area (Å²) in [6.45, 7) is 0. The third kappa shape index (κ3) is 2.91. The van der Waals surface area contributed by atoms with Crippen molar-refractivity contribution in [2.24, 2.45) is 0 Å². The Kier molecular flexibility index (Phi) is 4.46. The molecule has 96 valence electrons. The molecular weight excluding hydrogens is 329 g/mol. The van der Waals surface area contributed by atoms with Gasteiger partial charge >= 0.3 is 0 Å². The van der Waals surface area contributed by atoms with Gasteiger partial charge in [-0.25, -0.2) is 4.39 Å². The third-order valence-electron chi connectivity index (χ3n) is 2.46. The number of ether oxygens (including phenoxy) is 1. The van der Waals surface area contributed by atoms with E-state index in [1.54, 1.807) is 6.07 Å². The molecule has 0 bridgehead atoms. The molecule has 2 aromatic carbocycles. The van der Waals surface area contributed by atoms with Gasteiger partial charge in [0.25, 0.3) is 0 Å². The van der Waals surface area contributed by atoms with Crippen LogP contribution in [0.1, 0.15) is 5.56 Å². The molecule has 0 amide bonds. The molecule has 2 aromatic rings. The van der Waals surface area contributed by atoms with E-state index in [0.717, 1.165) is 4.90 Å². The Balaban J connectivity index is 2.40. The fraction of sp³-hybridized carbons (Fsp3) is 0.0714. The Morgan fingerprint density at radius 1 is 1.21 bits per heavy atom. The van der Waals surface area contributed by atoms with Gasteiger partial charge in [0.2, 0.25) is 0 Å². The highest BCUT2D eigenvalue weighted by atomic mass is 79.9. The van der Waals surface area contributed by atoms with Crippen molar-refractivity contribution in [1.82, 2.24) is 0 Å². The molecular formula is C14H9BrFNOS. The molecule has 0 atom stereocenters. The number of hydrogen-bond donors (Lipinski definition) is 0. The van der Waals surface area contributed by atoms with Crippen LogP contribution in [0.2, 0.25) is 0 Å². The molecule has 0 radical (unpaired) electrons. The van der Waals surface area contributed by atoms with E-state index in [9.17, 15) is 4.39 Å². The van der Waals surface area contributed by atoms with E-state index in [1.807, 2.05) is 30.5 Å². The van der Waals surface area contributed by atoms with E-state index >= 15 is 0 Å². The number of rotatable bonds is 3. The maximum atomic E-state index is 14.0. The molecule has 0 saturated carbocycles. The van der Waals surface area contributed by atoms with Crippen LogP contribution in [0.5, 0.6) is 11.5 Å². The monoisotopic (exact) mass is 337 g/mol. The molecule has 19 heavy (non-hydrogen) atoms. The fourth-order valence-electron chi connectivity index (χ4n) is 1.52. The van der Waals surface area contributed by atoms with Crippen molar-refractivity contribution in [3.63, 3.8) is 0 Å². The van der Waals surface area contributed by atoms with E-state index < -0.39 is 5.82 Å². The lowest BCUT2D eigenvalue weighted by Gasteiger charge is -2.11. The maximum Gasteiger partial charge on any atom is 0.181 e. The third-order valence-corrected chi connectivity index (χ3v) is 4.01. The lowest BCUT2D eigenvalue weighted by molar-refractivity contribution is 0.432.